The van der Waals surface area contributed by atoms with Crippen LogP contribution in [-0.4, -0.2) is 39.1 Å². The second kappa shape index (κ2) is 5.48. The van der Waals surface area contributed by atoms with Crippen LogP contribution in [-0.2, 0) is 6.42 Å². The maximum atomic E-state index is 12.2. The average Bonchev–Trinajstić information content (AvgIpc) is 3.11. The van der Waals surface area contributed by atoms with Gasteiger partial charge in [0.2, 0.25) is 0 Å². The molecule has 0 aromatic carbocycles. The quantitative estimate of drug-likeness (QED) is 0.926. The highest BCUT2D eigenvalue weighted by atomic mass is 16.3. The van der Waals surface area contributed by atoms with E-state index in [0.717, 1.165) is 44.0 Å². The van der Waals surface area contributed by atoms with Crippen LogP contribution < -0.4 is 0 Å². The summed E-state index contributed by atoms with van der Waals surface area (Å²) in [4.78, 5) is 18.4. The molecule has 3 rings (SSSR count). The number of H-pyrrole nitrogens is 1. The van der Waals surface area contributed by atoms with Crippen molar-refractivity contribution in [2.75, 3.05) is 13.1 Å². The summed E-state index contributed by atoms with van der Waals surface area (Å²) in [5.41, 5.74) is 0.632. The molecule has 0 radical (unpaired) electrons. The summed E-state index contributed by atoms with van der Waals surface area (Å²) in [6.45, 7) is 3.48. The van der Waals surface area contributed by atoms with E-state index in [2.05, 4.69) is 15.2 Å². The first-order valence-corrected chi connectivity index (χ1v) is 6.92. The Kier molecular flexibility index (Phi) is 3.54. The monoisotopic (exact) mass is 274 g/mol. The lowest BCUT2D eigenvalue weighted by Gasteiger charge is -2.31. The Balaban J connectivity index is 1.53. The third kappa shape index (κ3) is 2.74. The van der Waals surface area contributed by atoms with Gasteiger partial charge in [-0.3, -0.25) is 9.89 Å². The number of piperidine rings is 1. The molecule has 20 heavy (non-hydrogen) atoms. The Hall–Kier alpha value is -2.11. The summed E-state index contributed by atoms with van der Waals surface area (Å²) in [7, 11) is 0. The van der Waals surface area contributed by atoms with Crippen molar-refractivity contribution in [3.05, 3.63) is 35.8 Å². The largest absolute Gasteiger partial charge is 0.472 e. The second-order valence-corrected chi connectivity index (χ2v) is 5.29. The van der Waals surface area contributed by atoms with E-state index < -0.39 is 0 Å². The smallest absolute Gasteiger partial charge is 0.257 e. The van der Waals surface area contributed by atoms with Gasteiger partial charge in [0, 0.05) is 19.5 Å². The summed E-state index contributed by atoms with van der Waals surface area (Å²) in [6.07, 6.45) is 5.92. The van der Waals surface area contributed by atoms with E-state index in [4.69, 9.17) is 4.42 Å². The lowest BCUT2D eigenvalue weighted by Crippen LogP contribution is -2.38. The molecule has 0 bridgehead atoms. The molecular formula is C14H18N4O2. The highest BCUT2D eigenvalue weighted by molar-refractivity contribution is 5.93. The molecule has 0 atom stereocenters. The second-order valence-electron chi connectivity index (χ2n) is 5.29. The summed E-state index contributed by atoms with van der Waals surface area (Å²) < 4.78 is 4.96. The molecule has 1 aliphatic heterocycles. The Morgan fingerprint density at radius 2 is 2.30 bits per heavy atom. The predicted molar refractivity (Wildman–Crippen MR) is 72.2 cm³/mol. The van der Waals surface area contributed by atoms with Crippen LogP contribution >= 0.6 is 0 Å². The molecular weight excluding hydrogens is 256 g/mol. The zero-order valence-electron chi connectivity index (χ0n) is 11.5. The molecule has 0 unspecified atom stereocenters. The fourth-order valence-electron chi connectivity index (χ4n) is 2.65. The molecule has 1 aliphatic rings. The highest BCUT2D eigenvalue weighted by Gasteiger charge is 2.24. The van der Waals surface area contributed by atoms with Crippen LogP contribution in [0.25, 0.3) is 0 Å². The van der Waals surface area contributed by atoms with Crippen molar-refractivity contribution in [3.63, 3.8) is 0 Å². The number of aryl methyl sites for hydroxylation is 1. The van der Waals surface area contributed by atoms with E-state index in [-0.39, 0.29) is 5.91 Å². The molecule has 2 aromatic rings. The van der Waals surface area contributed by atoms with Gasteiger partial charge in [0.05, 0.1) is 11.8 Å². The van der Waals surface area contributed by atoms with Crippen molar-refractivity contribution < 1.29 is 9.21 Å². The van der Waals surface area contributed by atoms with Gasteiger partial charge in [-0.1, -0.05) is 0 Å². The number of amides is 1. The predicted octanol–water partition coefficient (Wildman–Crippen LogP) is 1.80. The number of likely N-dealkylation sites (tertiary alicyclic amines) is 1. The summed E-state index contributed by atoms with van der Waals surface area (Å²) in [5.74, 6) is 2.35. The molecule has 2 aromatic heterocycles. The first-order chi connectivity index (χ1) is 9.72. The maximum absolute atomic E-state index is 12.2. The fourth-order valence-corrected chi connectivity index (χ4v) is 2.65. The van der Waals surface area contributed by atoms with Crippen molar-refractivity contribution in [1.29, 1.82) is 0 Å². The van der Waals surface area contributed by atoms with E-state index in [9.17, 15) is 4.79 Å². The van der Waals surface area contributed by atoms with Crippen LogP contribution in [0.15, 0.2) is 23.0 Å². The van der Waals surface area contributed by atoms with Gasteiger partial charge in [-0.05, 0) is 31.7 Å². The molecule has 0 aliphatic carbocycles. The van der Waals surface area contributed by atoms with E-state index in [0.29, 0.717) is 11.5 Å². The number of carbonyl (C=O) groups is 1. The molecule has 6 nitrogen and oxygen atoms in total. The van der Waals surface area contributed by atoms with Crippen LogP contribution in [0.2, 0.25) is 0 Å². The number of furan rings is 1. The topological polar surface area (TPSA) is 75.0 Å². The lowest BCUT2D eigenvalue weighted by atomic mass is 9.93. The van der Waals surface area contributed by atoms with Gasteiger partial charge in [-0.25, -0.2) is 4.98 Å². The molecule has 1 amide bonds. The number of nitrogens with zero attached hydrogens (tertiary/aromatic N) is 3. The normalized spacial score (nSPS) is 16.6. The van der Waals surface area contributed by atoms with Crippen molar-refractivity contribution in [3.8, 4) is 0 Å². The highest BCUT2D eigenvalue weighted by Crippen LogP contribution is 2.21. The number of hydrogen-bond acceptors (Lipinski definition) is 4. The van der Waals surface area contributed by atoms with Crippen LogP contribution in [0, 0.1) is 12.8 Å². The summed E-state index contributed by atoms with van der Waals surface area (Å²) in [6, 6.07) is 1.71. The zero-order chi connectivity index (χ0) is 13.9. The number of hydrogen-bond donors (Lipinski definition) is 1. The van der Waals surface area contributed by atoms with E-state index >= 15 is 0 Å². The fraction of sp³-hybridized carbons (Fsp3) is 0.500. The molecule has 0 saturated carbocycles. The lowest BCUT2D eigenvalue weighted by molar-refractivity contribution is 0.0689. The van der Waals surface area contributed by atoms with Crippen LogP contribution in [0.5, 0.6) is 0 Å². The van der Waals surface area contributed by atoms with Crippen LogP contribution in [0.4, 0.5) is 0 Å². The van der Waals surface area contributed by atoms with E-state index in [1.807, 2.05) is 11.8 Å². The zero-order valence-corrected chi connectivity index (χ0v) is 11.5. The number of nitrogens with one attached hydrogen (secondary N) is 1. The molecule has 6 heteroatoms. The van der Waals surface area contributed by atoms with Crippen LogP contribution in [0.1, 0.15) is 34.8 Å². The first-order valence-electron chi connectivity index (χ1n) is 6.92. The number of carbonyl (C=O) groups excluding carboxylic acids is 1. The molecule has 106 valence electrons. The summed E-state index contributed by atoms with van der Waals surface area (Å²) >= 11 is 0. The standard InChI is InChI=1S/C14H18N4O2/c1-10-15-13(17-16-10)8-11-2-5-18(6-3-11)14(19)12-4-7-20-9-12/h4,7,9,11H,2-3,5-6,8H2,1H3,(H,15,16,17). The molecule has 1 N–H and O–H groups in total. The first kappa shape index (κ1) is 12.9. The Bertz CT molecular complexity index is 568. The van der Waals surface area contributed by atoms with E-state index in [1.165, 1.54) is 12.5 Å². The molecule has 1 saturated heterocycles. The summed E-state index contributed by atoms with van der Waals surface area (Å²) in [5, 5.41) is 7.04. The Labute approximate surface area is 117 Å². The van der Waals surface area contributed by atoms with Gasteiger partial charge in [-0.2, -0.15) is 5.10 Å². The Morgan fingerprint density at radius 3 is 2.90 bits per heavy atom. The molecule has 0 spiro atoms. The van der Waals surface area contributed by atoms with Gasteiger partial charge >= 0.3 is 0 Å². The minimum atomic E-state index is 0.0611. The van der Waals surface area contributed by atoms with Gasteiger partial charge in [0.1, 0.15) is 12.1 Å². The minimum absolute atomic E-state index is 0.0611. The average molecular weight is 274 g/mol. The number of rotatable bonds is 3. The van der Waals surface area contributed by atoms with E-state index in [1.54, 1.807) is 6.07 Å². The van der Waals surface area contributed by atoms with Crippen molar-refractivity contribution >= 4 is 5.91 Å². The third-order valence-electron chi connectivity index (χ3n) is 3.78. The van der Waals surface area contributed by atoms with Crippen molar-refractivity contribution in [1.82, 2.24) is 20.1 Å². The van der Waals surface area contributed by atoms with Gasteiger partial charge in [-0.15, -0.1) is 0 Å². The van der Waals surface area contributed by atoms with Crippen LogP contribution in [0.3, 0.4) is 0 Å². The van der Waals surface area contributed by atoms with Gasteiger partial charge < -0.3 is 9.32 Å². The number of aromatic amines is 1. The van der Waals surface area contributed by atoms with Gasteiger partial charge in [0.15, 0.2) is 5.82 Å². The number of aromatic nitrogens is 3. The maximum Gasteiger partial charge on any atom is 0.257 e. The van der Waals surface area contributed by atoms with Gasteiger partial charge in [0.25, 0.3) is 5.91 Å². The molecule has 3 heterocycles. The van der Waals surface area contributed by atoms with Crippen molar-refractivity contribution in [2.24, 2.45) is 5.92 Å². The third-order valence-corrected chi connectivity index (χ3v) is 3.78. The SMILES string of the molecule is Cc1nc(CC2CCN(C(=O)c3ccoc3)CC2)n[nH]1. The molecule has 1 fully saturated rings. The van der Waals surface area contributed by atoms with Crippen molar-refractivity contribution in [2.45, 2.75) is 26.2 Å². The minimum Gasteiger partial charge on any atom is -0.472 e. The Morgan fingerprint density at radius 1 is 1.50 bits per heavy atom.